The molecular weight excluding hydrogens is 258 g/mol. The quantitative estimate of drug-likeness (QED) is 0.654. The van der Waals surface area contributed by atoms with Gasteiger partial charge in [-0.3, -0.25) is 9.69 Å². The Morgan fingerprint density at radius 3 is 2.60 bits per heavy atom. The number of aromatic hydroxyl groups is 2. The smallest absolute Gasteiger partial charge is 0.257 e. The van der Waals surface area contributed by atoms with Crippen molar-refractivity contribution in [3.8, 4) is 11.5 Å². The molecule has 6 nitrogen and oxygen atoms in total. The Hall–Kier alpha value is -1.79. The Morgan fingerprint density at radius 1 is 1.20 bits per heavy atom. The highest BCUT2D eigenvalue weighted by Gasteiger charge is 2.36. The first kappa shape index (κ1) is 13.2. The summed E-state index contributed by atoms with van der Waals surface area (Å²) in [5.74, 6) is -0.312. The van der Waals surface area contributed by atoms with Crippen molar-refractivity contribution in [3.63, 3.8) is 0 Å². The molecule has 2 aliphatic heterocycles. The van der Waals surface area contributed by atoms with E-state index in [1.54, 1.807) is 4.90 Å². The molecule has 2 aliphatic rings. The molecule has 0 spiro atoms. The minimum Gasteiger partial charge on any atom is -0.508 e. The highest BCUT2D eigenvalue weighted by atomic mass is 16.3. The molecule has 6 heteroatoms. The van der Waals surface area contributed by atoms with E-state index < -0.39 is 0 Å². The average molecular weight is 277 g/mol. The monoisotopic (exact) mass is 277 g/mol. The van der Waals surface area contributed by atoms with Crippen LogP contribution >= 0.6 is 0 Å². The van der Waals surface area contributed by atoms with Crippen molar-refractivity contribution < 1.29 is 15.0 Å². The van der Waals surface area contributed by atoms with E-state index in [4.69, 9.17) is 0 Å². The molecule has 108 valence electrons. The minimum absolute atomic E-state index is 0.00896. The summed E-state index contributed by atoms with van der Waals surface area (Å²) < 4.78 is 0. The van der Waals surface area contributed by atoms with Gasteiger partial charge in [-0.1, -0.05) is 0 Å². The standard InChI is InChI=1S/C14H19N3O3/c18-11-1-2-13(19)12(7-11)14(20)17-8-10(9-17)16-5-3-15-4-6-16/h1-2,7,10,15,18-19H,3-6,8-9H2. The van der Waals surface area contributed by atoms with E-state index >= 15 is 0 Å². The largest absolute Gasteiger partial charge is 0.508 e. The molecule has 0 bridgehead atoms. The first-order valence-corrected chi connectivity index (χ1v) is 6.91. The topological polar surface area (TPSA) is 76.0 Å². The summed E-state index contributed by atoms with van der Waals surface area (Å²) >= 11 is 0. The molecular formula is C14H19N3O3. The summed E-state index contributed by atoms with van der Waals surface area (Å²) in [6.07, 6.45) is 0. The van der Waals surface area contributed by atoms with Crippen molar-refractivity contribution in [1.82, 2.24) is 15.1 Å². The number of rotatable bonds is 2. The van der Waals surface area contributed by atoms with Crippen LogP contribution < -0.4 is 5.32 Å². The lowest BCUT2D eigenvalue weighted by Crippen LogP contribution is -2.63. The zero-order valence-electron chi connectivity index (χ0n) is 11.2. The first-order chi connectivity index (χ1) is 9.65. The van der Waals surface area contributed by atoms with Gasteiger partial charge >= 0.3 is 0 Å². The van der Waals surface area contributed by atoms with Gasteiger partial charge in [-0.15, -0.1) is 0 Å². The summed E-state index contributed by atoms with van der Waals surface area (Å²) in [5, 5.41) is 22.4. The summed E-state index contributed by atoms with van der Waals surface area (Å²) in [7, 11) is 0. The normalized spacial score (nSPS) is 20.7. The van der Waals surface area contributed by atoms with E-state index in [1.807, 2.05) is 0 Å². The van der Waals surface area contributed by atoms with Crippen molar-refractivity contribution in [1.29, 1.82) is 0 Å². The lowest BCUT2D eigenvalue weighted by Gasteiger charge is -2.46. The molecule has 3 N–H and O–H groups in total. The van der Waals surface area contributed by atoms with Crippen LogP contribution in [0.1, 0.15) is 10.4 Å². The van der Waals surface area contributed by atoms with Gasteiger partial charge in [-0.2, -0.15) is 0 Å². The molecule has 0 atom stereocenters. The fourth-order valence-corrected chi connectivity index (χ4v) is 2.77. The van der Waals surface area contributed by atoms with Gasteiger partial charge in [0, 0.05) is 45.3 Å². The number of carbonyl (C=O) groups excluding carboxylic acids is 1. The van der Waals surface area contributed by atoms with Gasteiger partial charge in [0.25, 0.3) is 5.91 Å². The molecule has 0 aliphatic carbocycles. The molecule has 0 radical (unpaired) electrons. The molecule has 3 rings (SSSR count). The third-order valence-corrected chi connectivity index (χ3v) is 4.03. The number of carbonyl (C=O) groups is 1. The van der Waals surface area contributed by atoms with E-state index in [0.29, 0.717) is 19.1 Å². The van der Waals surface area contributed by atoms with E-state index in [9.17, 15) is 15.0 Å². The lowest BCUT2D eigenvalue weighted by atomic mass is 10.0. The second-order valence-corrected chi connectivity index (χ2v) is 5.35. The summed E-state index contributed by atoms with van der Waals surface area (Å²) in [6.45, 7) is 5.41. The zero-order valence-corrected chi connectivity index (χ0v) is 11.2. The number of phenolic OH excluding ortho intramolecular Hbond substituents is 2. The van der Waals surface area contributed by atoms with Crippen molar-refractivity contribution in [3.05, 3.63) is 23.8 Å². The van der Waals surface area contributed by atoms with Crippen LogP contribution in [0.4, 0.5) is 0 Å². The molecule has 1 amide bonds. The van der Waals surface area contributed by atoms with Crippen molar-refractivity contribution in [2.45, 2.75) is 6.04 Å². The van der Waals surface area contributed by atoms with Crippen LogP contribution in [0.3, 0.4) is 0 Å². The average Bonchev–Trinajstić information content (AvgIpc) is 2.41. The first-order valence-electron chi connectivity index (χ1n) is 6.91. The van der Waals surface area contributed by atoms with Crippen LogP contribution in [-0.4, -0.2) is 71.2 Å². The second-order valence-electron chi connectivity index (χ2n) is 5.35. The summed E-state index contributed by atoms with van der Waals surface area (Å²) in [5.41, 5.74) is 0.170. The van der Waals surface area contributed by atoms with E-state index in [1.165, 1.54) is 18.2 Å². The number of nitrogens with zero attached hydrogens (tertiary/aromatic N) is 2. The molecule has 0 unspecified atom stereocenters. The molecule has 20 heavy (non-hydrogen) atoms. The Bertz CT molecular complexity index is 508. The Kier molecular flexibility index (Phi) is 3.50. The van der Waals surface area contributed by atoms with Crippen LogP contribution in [0.5, 0.6) is 11.5 Å². The highest BCUT2D eigenvalue weighted by molar-refractivity contribution is 5.97. The maximum atomic E-state index is 12.3. The van der Waals surface area contributed by atoms with Gasteiger partial charge in [0.1, 0.15) is 11.5 Å². The van der Waals surface area contributed by atoms with Gasteiger partial charge < -0.3 is 20.4 Å². The van der Waals surface area contributed by atoms with Crippen LogP contribution in [0, 0.1) is 0 Å². The van der Waals surface area contributed by atoms with Crippen LogP contribution in [0.25, 0.3) is 0 Å². The third-order valence-electron chi connectivity index (χ3n) is 4.03. The number of phenols is 2. The molecule has 2 fully saturated rings. The number of piperazine rings is 1. The number of likely N-dealkylation sites (tertiary alicyclic amines) is 1. The molecule has 0 saturated carbocycles. The van der Waals surface area contributed by atoms with E-state index in [2.05, 4.69) is 10.2 Å². The van der Waals surface area contributed by atoms with Gasteiger partial charge in [0.15, 0.2) is 0 Å². The number of nitrogens with one attached hydrogen (secondary N) is 1. The predicted octanol–water partition coefficient (Wildman–Crippen LogP) is -0.173. The fraction of sp³-hybridized carbons (Fsp3) is 0.500. The number of hydrogen-bond donors (Lipinski definition) is 3. The molecule has 1 aromatic rings. The maximum Gasteiger partial charge on any atom is 0.257 e. The highest BCUT2D eigenvalue weighted by Crippen LogP contribution is 2.26. The number of amides is 1. The SMILES string of the molecule is O=C(c1cc(O)ccc1O)N1CC(N2CCNCC2)C1. The third kappa shape index (κ3) is 2.44. The minimum atomic E-state index is -0.218. The van der Waals surface area contributed by atoms with Crippen LogP contribution in [-0.2, 0) is 0 Å². The van der Waals surface area contributed by atoms with Crippen molar-refractivity contribution in [2.24, 2.45) is 0 Å². The van der Waals surface area contributed by atoms with Gasteiger partial charge in [-0.05, 0) is 18.2 Å². The van der Waals surface area contributed by atoms with Crippen LogP contribution in [0.2, 0.25) is 0 Å². The Labute approximate surface area is 117 Å². The second kappa shape index (κ2) is 5.30. The van der Waals surface area contributed by atoms with Gasteiger partial charge in [-0.25, -0.2) is 0 Å². The molecule has 0 aromatic heterocycles. The maximum absolute atomic E-state index is 12.3. The zero-order chi connectivity index (χ0) is 14.1. The predicted molar refractivity (Wildman–Crippen MR) is 73.9 cm³/mol. The summed E-state index contributed by atoms with van der Waals surface area (Å²) in [6, 6.07) is 4.44. The van der Waals surface area contributed by atoms with Crippen molar-refractivity contribution in [2.75, 3.05) is 39.3 Å². The fourth-order valence-electron chi connectivity index (χ4n) is 2.77. The molecule has 2 saturated heterocycles. The molecule has 1 aromatic carbocycles. The van der Waals surface area contributed by atoms with Gasteiger partial charge in [0.2, 0.25) is 0 Å². The van der Waals surface area contributed by atoms with Gasteiger partial charge in [0.05, 0.1) is 5.56 Å². The van der Waals surface area contributed by atoms with Crippen molar-refractivity contribution >= 4 is 5.91 Å². The molecule has 2 heterocycles. The summed E-state index contributed by atoms with van der Waals surface area (Å²) in [4.78, 5) is 16.4. The van der Waals surface area contributed by atoms with E-state index in [0.717, 1.165) is 26.2 Å². The Balaban J connectivity index is 1.61. The number of benzene rings is 1. The van der Waals surface area contributed by atoms with Crippen LogP contribution in [0.15, 0.2) is 18.2 Å². The lowest BCUT2D eigenvalue weighted by molar-refractivity contribution is 0.0225. The Morgan fingerprint density at radius 2 is 1.90 bits per heavy atom. The number of hydrogen-bond acceptors (Lipinski definition) is 5. The van der Waals surface area contributed by atoms with E-state index in [-0.39, 0.29) is 23.0 Å².